The first kappa shape index (κ1) is 17.4. The van der Waals surface area contributed by atoms with Crippen LogP contribution in [0.2, 0.25) is 0 Å². The molecule has 0 amide bonds. The summed E-state index contributed by atoms with van der Waals surface area (Å²) in [6.45, 7) is 0. The Balaban J connectivity index is 1.64. The molecule has 0 atom stereocenters. The van der Waals surface area contributed by atoms with Crippen LogP contribution in [-0.4, -0.2) is 25.5 Å². The lowest BCUT2D eigenvalue weighted by Crippen LogP contribution is -2.00. The molecule has 2 aromatic heterocycles. The molecule has 0 aliphatic carbocycles. The Labute approximate surface area is 161 Å². The van der Waals surface area contributed by atoms with Gasteiger partial charge >= 0.3 is 0 Å². The molecular formula is C21H17FN4S. The standard InChI is InChI=1S/C21H17FN4S/c22-18-6-8-19(9-7-18)26-20(17-4-2-1-3-5-17)24-25-21(26)27-15-12-16-10-13-23-14-11-16/h1-11,13-14H,12,15H2. The number of hydrogen-bond acceptors (Lipinski definition) is 4. The van der Waals surface area contributed by atoms with Crippen LogP contribution >= 0.6 is 11.8 Å². The highest BCUT2D eigenvalue weighted by Gasteiger charge is 2.16. The zero-order valence-corrected chi connectivity index (χ0v) is 15.3. The molecule has 0 N–H and O–H groups in total. The Bertz CT molecular complexity index is 1000. The highest BCUT2D eigenvalue weighted by molar-refractivity contribution is 7.99. The number of benzene rings is 2. The van der Waals surface area contributed by atoms with Crippen molar-refractivity contribution in [3.05, 3.63) is 90.5 Å². The molecule has 0 aliphatic rings. The maximum Gasteiger partial charge on any atom is 0.196 e. The summed E-state index contributed by atoms with van der Waals surface area (Å²) in [5, 5.41) is 9.58. The smallest absolute Gasteiger partial charge is 0.196 e. The third-order valence-corrected chi connectivity index (χ3v) is 5.05. The topological polar surface area (TPSA) is 43.6 Å². The van der Waals surface area contributed by atoms with Gasteiger partial charge in [0.25, 0.3) is 0 Å². The van der Waals surface area contributed by atoms with E-state index in [4.69, 9.17) is 0 Å². The predicted molar refractivity (Wildman–Crippen MR) is 105 cm³/mol. The van der Waals surface area contributed by atoms with Crippen molar-refractivity contribution in [1.82, 2.24) is 19.7 Å². The number of rotatable bonds is 6. The lowest BCUT2D eigenvalue weighted by molar-refractivity contribution is 0.627. The first-order valence-corrected chi connectivity index (χ1v) is 9.58. The zero-order valence-electron chi connectivity index (χ0n) is 14.5. The van der Waals surface area contributed by atoms with E-state index in [1.807, 2.05) is 47.0 Å². The Morgan fingerprint density at radius 2 is 1.59 bits per heavy atom. The Morgan fingerprint density at radius 1 is 0.852 bits per heavy atom. The van der Waals surface area contributed by atoms with Gasteiger partial charge in [-0.15, -0.1) is 10.2 Å². The van der Waals surface area contributed by atoms with Gasteiger partial charge in [0, 0.05) is 29.4 Å². The minimum atomic E-state index is -0.264. The largest absolute Gasteiger partial charge is 0.270 e. The summed E-state index contributed by atoms with van der Waals surface area (Å²) >= 11 is 1.63. The molecule has 0 spiro atoms. The van der Waals surface area contributed by atoms with Crippen molar-refractivity contribution in [3.63, 3.8) is 0 Å². The second-order valence-corrected chi connectivity index (χ2v) is 7.00. The number of thioether (sulfide) groups is 1. The van der Waals surface area contributed by atoms with Crippen molar-refractivity contribution < 1.29 is 4.39 Å². The van der Waals surface area contributed by atoms with Crippen LogP contribution in [0.15, 0.2) is 84.3 Å². The monoisotopic (exact) mass is 376 g/mol. The average molecular weight is 376 g/mol. The number of halogens is 1. The van der Waals surface area contributed by atoms with Crippen molar-refractivity contribution in [2.45, 2.75) is 11.6 Å². The number of aromatic nitrogens is 4. The van der Waals surface area contributed by atoms with Gasteiger partial charge in [0.05, 0.1) is 0 Å². The third kappa shape index (κ3) is 4.06. The first-order chi connectivity index (χ1) is 13.3. The van der Waals surface area contributed by atoms with Gasteiger partial charge in [-0.1, -0.05) is 42.1 Å². The first-order valence-electron chi connectivity index (χ1n) is 8.60. The van der Waals surface area contributed by atoms with Crippen LogP contribution in [0.1, 0.15) is 5.56 Å². The summed E-state index contributed by atoms with van der Waals surface area (Å²) in [6.07, 6.45) is 4.51. The SMILES string of the molecule is Fc1ccc(-n2c(SCCc3ccncc3)nnc2-c2ccccc2)cc1. The molecule has 0 unspecified atom stereocenters. The molecule has 4 nitrogen and oxygen atoms in total. The van der Waals surface area contributed by atoms with Gasteiger partial charge < -0.3 is 0 Å². The summed E-state index contributed by atoms with van der Waals surface area (Å²) in [4.78, 5) is 4.05. The van der Waals surface area contributed by atoms with Crippen molar-refractivity contribution in [2.75, 3.05) is 5.75 Å². The van der Waals surface area contributed by atoms with Crippen LogP contribution in [0.4, 0.5) is 4.39 Å². The summed E-state index contributed by atoms with van der Waals surface area (Å²) in [7, 11) is 0. The number of aryl methyl sites for hydroxylation is 1. The minimum absolute atomic E-state index is 0.264. The van der Waals surface area contributed by atoms with E-state index < -0.39 is 0 Å². The fraction of sp³-hybridized carbons (Fsp3) is 0.0952. The van der Waals surface area contributed by atoms with Gasteiger partial charge in [-0.2, -0.15) is 0 Å². The molecule has 6 heteroatoms. The molecule has 0 bridgehead atoms. The van der Waals surface area contributed by atoms with Gasteiger partial charge in [-0.25, -0.2) is 4.39 Å². The quantitative estimate of drug-likeness (QED) is 0.453. The van der Waals surface area contributed by atoms with E-state index in [0.717, 1.165) is 34.4 Å². The van der Waals surface area contributed by atoms with Crippen LogP contribution < -0.4 is 0 Å². The van der Waals surface area contributed by atoms with E-state index >= 15 is 0 Å². The van der Waals surface area contributed by atoms with Crippen LogP contribution in [-0.2, 0) is 6.42 Å². The van der Waals surface area contributed by atoms with E-state index in [-0.39, 0.29) is 5.82 Å². The summed E-state index contributed by atoms with van der Waals surface area (Å²) < 4.78 is 15.4. The molecule has 0 radical (unpaired) electrons. The summed E-state index contributed by atoms with van der Waals surface area (Å²) in [5.41, 5.74) is 3.04. The molecule has 0 saturated heterocycles. The van der Waals surface area contributed by atoms with Gasteiger partial charge in [0.1, 0.15) is 5.82 Å². The molecule has 0 saturated carbocycles. The molecule has 0 aliphatic heterocycles. The normalized spacial score (nSPS) is 10.9. The van der Waals surface area contributed by atoms with Crippen molar-refractivity contribution in [2.24, 2.45) is 0 Å². The summed E-state index contributed by atoms with van der Waals surface area (Å²) in [5.74, 6) is 1.34. The Hall–Kier alpha value is -2.99. The highest BCUT2D eigenvalue weighted by atomic mass is 32.2. The average Bonchev–Trinajstić information content (AvgIpc) is 3.14. The van der Waals surface area contributed by atoms with Gasteiger partial charge in [0.15, 0.2) is 11.0 Å². The van der Waals surface area contributed by atoms with Crippen molar-refractivity contribution in [1.29, 1.82) is 0 Å². The van der Waals surface area contributed by atoms with E-state index in [0.29, 0.717) is 0 Å². The third-order valence-electron chi connectivity index (χ3n) is 4.12. The predicted octanol–water partition coefficient (Wildman–Crippen LogP) is 4.80. The van der Waals surface area contributed by atoms with Gasteiger partial charge in [0.2, 0.25) is 0 Å². The summed E-state index contributed by atoms with van der Waals surface area (Å²) in [6, 6.07) is 20.3. The van der Waals surface area contributed by atoms with Gasteiger partial charge in [-0.3, -0.25) is 9.55 Å². The van der Waals surface area contributed by atoms with Crippen molar-refractivity contribution >= 4 is 11.8 Å². The van der Waals surface area contributed by atoms with Crippen LogP contribution in [0.5, 0.6) is 0 Å². The fourth-order valence-electron chi connectivity index (χ4n) is 2.77. The number of hydrogen-bond donors (Lipinski definition) is 0. The van der Waals surface area contributed by atoms with Crippen LogP contribution in [0.3, 0.4) is 0 Å². The molecule has 2 heterocycles. The van der Waals surface area contributed by atoms with Crippen LogP contribution in [0.25, 0.3) is 17.1 Å². The van der Waals surface area contributed by atoms with Crippen molar-refractivity contribution in [3.8, 4) is 17.1 Å². The molecule has 4 rings (SSSR count). The Kier molecular flexibility index (Phi) is 5.25. The van der Waals surface area contributed by atoms with E-state index in [2.05, 4.69) is 15.2 Å². The lowest BCUT2D eigenvalue weighted by atomic mass is 10.2. The number of pyridine rings is 1. The highest BCUT2D eigenvalue weighted by Crippen LogP contribution is 2.28. The van der Waals surface area contributed by atoms with Crippen LogP contribution in [0, 0.1) is 5.82 Å². The maximum atomic E-state index is 13.4. The zero-order chi connectivity index (χ0) is 18.5. The minimum Gasteiger partial charge on any atom is -0.270 e. The molecule has 27 heavy (non-hydrogen) atoms. The second-order valence-electron chi connectivity index (χ2n) is 5.94. The second kappa shape index (κ2) is 8.14. The number of nitrogens with zero attached hydrogens (tertiary/aromatic N) is 4. The maximum absolute atomic E-state index is 13.4. The molecule has 134 valence electrons. The fourth-order valence-corrected chi connectivity index (χ4v) is 3.71. The molecule has 4 aromatic rings. The molecular weight excluding hydrogens is 359 g/mol. The van der Waals surface area contributed by atoms with E-state index in [1.54, 1.807) is 36.3 Å². The molecule has 0 fully saturated rings. The molecule has 2 aromatic carbocycles. The van der Waals surface area contributed by atoms with E-state index in [1.165, 1.54) is 17.7 Å². The van der Waals surface area contributed by atoms with Gasteiger partial charge in [-0.05, 0) is 48.4 Å². The Morgan fingerprint density at radius 3 is 2.33 bits per heavy atom. The lowest BCUT2D eigenvalue weighted by Gasteiger charge is -2.10. The van der Waals surface area contributed by atoms with E-state index in [9.17, 15) is 4.39 Å².